The Kier molecular flexibility index (Phi) is 18.2. The fourth-order valence-electron chi connectivity index (χ4n) is 1.37. The summed E-state index contributed by atoms with van der Waals surface area (Å²) in [5.41, 5.74) is 11.0. The largest absolute Gasteiger partial charge is 1.00 e. The van der Waals surface area contributed by atoms with Gasteiger partial charge in [0.05, 0.1) is 11.9 Å². The fraction of sp³-hybridized carbons (Fsp3) is 0.357. The molecule has 1 aromatic rings. The quantitative estimate of drug-likeness (QED) is 0.337. The maximum absolute atomic E-state index is 10.3. The Morgan fingerprint density at radius 3 is 1.76 bits per heavy atom. The van der Waals surface area contributed by atoms with Crippen LogP contribution in [0.3, 0.4) is 0 Å². The van der Waals surface area contributed by atoms with Gasteiger partial charge in [-0.1, -0.05) is 12.1 Å². The molecule has 0 radical (unpaired) electrons. The molecule has 0 aromatic heterocycles. The van der Waals surface area contributed by atoms with Crippen molar-refractivity contribution in [3.05, 3.63) is 29.8 Å². The molecule has 0 aliphatic carbocycles. The van der Waals surface area contributed by atoms with Crippen molar-refractivity contribution in [2.45, 2.75) is 31.3 Å². The molecule has 0 unspecified atom stereocenters. The van der Waals surface area contributed by atoms with Gasteiger partial charge >= 0.3 is 65.1 Å². The molecule has 0 heterocycles. The first-order chi connectivity index (χ1) is 10.6. The molecule has 2 atom stereocenters. The van der Waals surface area contributed by atoms with Crippen molar-refractivity contribution in [2.75, 3.05) is 0 Å². The van der Waals surface area contributed by atoms with Crippen LogP contribution in [0.25, 0.3) is 0 Å². The van der Waals surface area contributed by atoms with E-state index in [1.165, 1.54) is 12.1 Å². The standard InChI is InChI=1S/C9H11NO3.C5H9NO4.2Na/c10-8(9(12)13)5-6-1-3-7(11)4-2-6;6-3(5(9)10)1-2-4(7)8;;/h1-4,8,11H,5,10H2,(H,12,13);3H,1-2,6H2,(H,7,8)(H,9,10);;/q;;2*+1/p-2/t8-;3-;;/m00../s1. The number of phenols is 1. The zero-order valence-electron chi connectivity index (χ0n) is 14.2. The Labute approximate surface area is 189 Å². The minimum absolute atomic E-state index is 0. The van der Waals surface area contributed by atoms with Crippen molar-refractivity contribution in [1.29, 1.82) is 0 Å². The van der Waals surface area contributed by atoms with E-state index in [1.54, 1.807) is 12.1 Å². The van der Waals surface area contributed by atoms with Crippen LogP contribution in [0.4, 0.5) is 0 Å². The molecule has 6 N–H and O–H groups in total. The van der Waals surface area contributed by atoms with E-state index in [0.29, 0.717) is 0 Å². The number of hydrogen-bond acceptors (Lipinski definition) is 8. The van der Waals surface area contributed by atoms with Gasteiger partial charge < -0.3 is 41.5 Å². The van der Waals surface area contributed by atoms with Gasteiger partial charge in [-0.2, -0.15) is 0 Å². The average Bonchev–Trinajstić information content (AvgIpc) is 2.47. The maximum Gasteiger partial charge on any atom is 1.00 e. The number of nitrogens with two attached hydrogens (primary N) is 2. The van der Waals surface area contributed by atoms with Gasteiger partial charge in [-0.3, -0.25) is 4.79 Å². The zero-order chi connectivity index (χ0) is 18.0. The van der Waals surface area contributed by atoms with Gasteiger partial charge in [-0.25, -0.2) is 0 Å². The summed E-state index contributed by atoms with van der Waals surface area (Å²) >= 11 is 0. The fourth-order valence-corrected chi connectivity index (χ4v) is 1.37. The Bertz CT molecular complexity index is 540. The molecule has 0 fully saturated rings. The molecule has 128 valence electrons. The molecular formula is C14H18N2Na2O7. The number of carbonyl (C=O) groups excluding carboxylic acids is 2. The predicted molar refractivity (Wildman–Crippen MR) is 74.6 cm³/mol. The third kappa shape index (κ3) is 15.3. The summed E-state index contributed by atoms with van der Waals surface area (Å²) in [4.78, 5) is 30.0. The maximum atomic E-state index is 10.3. The normalized spacial score (nSPS) is 11.4. The summed E-state index contributed by atoms with van der Waals surface area (Å²) in [7, 11) is 0. The van der Waals surface area contributed by atoms with Crippen molar-refractivity contribution in [1.82, 2.24) is 0 Å². The molecule has 0 saturated carbocycles. The van der Waals surface area contributed by atoms with E-state index < -0.39 is 30.0 Å². The molecule has 9 nitrogen and oxygen atoms in total. The Morgan fingerprint density at radius 1 is 0.960 bits per heavy atom. The van der Waals surface area contributed by atoms with Crippen molar-refractivity contribution in [3.8, 4) is 5.75 Å². The molecule has 1 rings (SSSR count). The molecule has 1 aromatic carbocycles. The van der Waals surface area contributed by atoms with Crippen LogP contribution in [0.15, 0.2) is 24.3 Å². The van der Waals surface area contributed by atoms with E-state index in [2.05, 4.69) is 0 Å². The Hall–Kier alpha value is -0.650. The molecule has 0 saturated heterocycles. The number of carbonyl (C=O) groups is 3. The second-order valence-corrected chi connectivity index (χ2v) is 4.65. The molecule has 0 aliphatic heterocycles. The van der Waals surface area contributed by atoms with Crippen LogP contribution >= 0.6 is 0 Å². The molecule has 11 heteroatoms. The van der Waals surface area contributed by atoms with Crippen LogP contribution in [0, 0.1) is 0 Å². The average molecular weight is 372 g/mol. The van der Waals surface area contributed by atoms with Gasteiger partial charge in [0.1, 0.15) is 5.75 Å². The zero-order valence-corrected chi connectivity index (χ0v) is 18.2. The Balaban J connectivity index is -0.000000370. The predicted octanol–water partition coefficient (Wildman–Crippen LogP) is -9.05. The molecule has 0 bridgehead atoms. The molecule has 0 amide bonds. The Morgan fingerprint density at radius 2 is 1.40 bits per heavy atom. The van der Waals surface area contributed by atoms with Crippen LogP contribution in [0.1, 0.15) is 18.4 Å². The summed E-state index contributed by atoms with van der Waals surface area (Å²) in [5, 5.41) is 37.2. The van der Waals surface area contributed by atoms with Crippen LogP contribution < -0.4 is 80.8 Å². The van der Waals surface area contributed by atoms with E-state index in [1.807, 2.05) is 0 Å². The number of aromatic hydroxyl groups is 1. The van der Waals surface area contributed by atoms with Gasteiger partial charge in [0.25, 0.3) is 0 Å². The molecule has 0 aliphatic rings. The van der Waals surface area contributed by atoms with E-state index >= 15 is 0 Å². The van der Waals surface area contributed by atoms with Crippen molar-refractivity contribution in [2.24, 2.45) is 11.5 Å². The van der Waals surface area contributed by atoms with E-state index in [4.69, 9.17) is 21.7 Å². The van der Waals surface area contributed by atoms with Crippen LogP contribution in [0.2, 0.25) is 0 Å². The van der Waals surface area contributed by atoms with Crippen molar-refractivity contribution >= 4 is 17.9 Å². The minimum Gasteiger partial charge on any atom is -0.548 e. The van der Waals surface area contributed by atoms with E-state index in [9.17, 15) is 24.6 Å². The third-order valence-corrected chi connectivity index (χ3v) is 2.67. The SMILES string of the molecule is N[C@@H](CCC(=O)O)C(=O)[O-].N[C@@H](Cc1ccc(O)cc1)C(=O)[O-].[Na+].[Na+]. The second kappa shape index (κ2) is 15.6. The summed E-state index contributed by atoms with van der Waals surface area (Å²) < 4.78 is 0. The van der Waals surface area contributed by atoms with Crippen molar-refractivity contribution < 1.29 is 93.9 Å². The summed E-state index contributed by atoms with van der Waals surface area (Å²) in [6.07, 6.45) is -0.116. The van der Waals surface area contributed by atoms with Crippen LogP contribution in [-0.2, 0) is 20.8 Å². The van der Waals surface area contributed by atoms with Crippen LogP contribution in [-0.4, -0.2) is 40.2 Å². The first-order valence-corrected chi connectivity index (χ1v) is 6.56. The van der Waals surface area contributed by atoms with Crippen molar-refractivity contribution in [3.63, 3.8) is 0 Å². The molecule has 25 heavy (non-hydrogen) atoms. The van der Waals surface area contributed by atoms with E-state index in [-0.39, 0.29) is 84.1 Å². The van der Waals surface area contributed by atoms with Crippen LogP contribution in [0.5, 0.6) is 5.75 Å². The number of carboxylic acids is 3. The number of hydrogen-bond donors (Lipinski definition) is 4. The smallest absolute Gasteiger partial charge is 0.548 e. The number of rotatable bonds is 7. The van der Waals surface area contributed by atoms with Gasteiger partial charge in [0, 0.05) is 18.5 Å². The third-order valence-electron chi connectivity index (χ3n) is 2.67. The van der Waals surface area contributed by atoms with Gasteiger partial charge in [0.15, 0.2) is 0 Å². The number of phenolic OH excluding ortho intramolecular Hbond substituents is 1. The summed E-state index contributed by atoms with van der Waals surface area (Å²) in [6, 6.07) is 4.05. The summed E-state index contributed by atoms with van der Waals surface area (Å²) in [6.45, 7) is 0. The first kappa shape index (κ1) is 29.1. The van der Waals surface area contributed by atoms with Gasteiger partial charge in [0.2, 0.25) is 0 Å². The minimum atomic E-state index is -1.42. The van der Waals surface area contributed by atoms with E-state index in [0.717, 1.165) is 5.56 Å². The van der Waals surface area contributed by atoms with Gasteiger partial charge in [-0.05, 0) is 30.5 Å². The first-order valence-electron chi connectivity index (χ1n) is 6.56. The topological polar surface area (TPSA) is 190 Å². The number of aliphatic carboxylic acids is 3. The summed E-state index contributed by atoms with van der Waals surface area (Å²) in [5.74, 6) is -3.60. The molecular weight excluding hydrogens is 354 g/mol. The second-order valence-electron chi connectivity index (χ2n) is 4.65. The number of carboxylic acid groups (broad SMARTS) is 3. The monoisotopic (exact) mass is 372 g/mol. The molecule has 0 spiro atoms. The van der Waals surface area contributed by atoms with Gasteiger partial charge in [-0.15, -0.1) is 0 Å². The number of benzene rings is 1.